The van der Waals surface area contributed by atoms with Gasteiger partial charge in [0.1, 0.15) is 0 Å². The van der Waals surface area contributed by atoms with Crippen molar-refractivity contribution < 1.29 is 9.90 Å². The first kappa shape index (κ1) is 12.4. The molecule has 3 N–H and O–H groups in total. The molecule has 0 unspecified atom stereocenters. The van der Waals surface area contributed by atoms with E-state index in [2.05, 4.69) is 15.3 Å². The predicted molar refractivity (Wildman–Crippen MR) is 76.4 cm³/mol. The summed E-state index contributed by atoms with van der Waals surface area (Å²) in [5.74, 6) is 0.143. The van der Waals surface area contributed by atoms with Gasteiger partial charge >= 0.3 is 0 Å². The minimum atomic E-state index is -0.264. The summed E-state index contributed by atoms with van der Waals surface area (Å²) in [5, 5.41) is 11.8. The zero-order chi connectivity index (χ0) is 13.9. The summed E-state index contributed by atoms with van der Waals surface area (Å²) in [6.45, 7) is -0.0915. The van der Waals surface area contributed by atoms with Crippen LogP contribution in [0.2, 0.25) is 0 Å². The number of amides is 1. The Morgan fingerprint density at radius 1 is 1.20 bits per heavy atom. The monoisotopic (exact) mass is 267 g/mol. The van der Waals surface area contributed by atoms with Crippen molar-refractivity contribution in [2.75, 3.05) is 5.32 Å². The van der Waals surface area contributed by atoms with Gasteiger partial charge in [0.05, 0.1) is 17.6 Å². The first-order chi connectivity index (χ1) is 9.76. The second-order valence-corrected chi connectivity index (χ2v) is 4.42. The Bertz CT molecular complexity index is 731. The molecule has 5 nitrogen and oxygen atoms in total. The van der Waals surface area contributed by atoms with Gasteiger partial charge in [0, 0.05) is 5.56 Å². The number of aromatic nitrogens is 2. The average Bonchev–Trinajstić information content (AvgIpc) is 2.89. The topological polar surface area (TPSA) is 78.0 Å². The molecule has 0 aliphatic heterocycles. The van der Waals surface area contributed by atoms with E-state index < -0.39 is 0 Å². The van der Waals surface area contributed by atoms with E-state index in [1.54, 1.807) is 24.3 Å². The Balaban J connectivity index is 1.84. The number of imidazole rings is 1. The van der Waals surface area contributed by atoms with Gasteiger partial charge in [-0.2, -0.15) is 0 Å². The third kappa shape index (κ3) is 2.39. The molecule has 3 aromatic rings. The second kappa shape index (κ2) is 5.14. The van der Waals surface area contributed by atoms with Gasteiger partial charge in [0.25, 0.3) is 5.91 Å². The Morgan fingerprint density at radius 2 is 2.05 bits per heavy atom. The molecule has 0 bridgehead atoms. The number of para-hydroxylation sites is 2. The summed E-state index contributed by atoms with van der Waals surface area (Å²) < 4.78 is 0. The number of H-pyrrole nitrogens is 1. The van der Waals surface area contributed by atoms with Crippen LogP contribution in [0.25, 0.3) is 11.0 Å². The van der Waals surface area contributed by atoms with Crippen LogP contribution in [-0.4, -0.2) is 21.0 Å². The third-order valence-electron chi connectivity index (χ3n) is 2.99. The highest BCUT2D eigenvalue weighted by atomic mass is 16.3. The average molecular weight is 267 g/mol. The number of rotatable bonds is 3. The van der Waals surface area contributed by atoms with Crippen LogP contribution in [0.1, 0.15) is 15.9 Å². The number of benzene rings is 2. The maximum Gasteiger partial charge on any atom is 0.257 e. The first-order valence-electron chi connectivity index (χ1n) is 6.22. The number of anilines is 1. The molecule has 1 heterocycles. The molecule has 0 aliphatic carbocycles. The van der Waals surface area contributed by atoms with Crippen molar-refractivity contribution in [2.45, 2.75) is 6.61 Å². The SMILES string of the molecule is O=C(Nc1nc2ccccc2[nH]1)c1cccc(CO)c1. The standard InChI is InChI=1S/C15H13N3O2/c19-9-10-4-3-5-11(8-10)14(20)18-15-16-12-6-1-2-7-13(12)17-15/h1-8,19H,9H2,(H2,16,17,18,20). The van der Waals surface area contributed by atoms with E-state index in [0.717, 1.165) is 11.0 Å². The Hall–Kier alpha value is -2.66. The van der Waals surface area contributed by atoms with Gasteiger partial charge in [-0.25, -0.2) is 4.98 Å². The van der Waals surface area contributed by atoms with E-state index >= 15 is 0 Å². The molecule has 0 radical (unpaired) electrons. The molecule has 1 aromatic heterocycles. The lowest BCUT2D eigenvalue weighted by Crippen LogP contribution is -2.13. The fraction of sp³-hybridized carbons (Fsp3) is 0.0667. The van der Waals surface area contributed by atoms with E-state index in [0.29, 0.717) is 17.1 Å². The Morgan fingerprint density at radius 3 is 2.85 bits per heavy atom. The number of carbonyl (C=O) groups is 1. The number of carbonyl (C=O) groups excluding carboxylic acids is 1. The molecular formula is C15H13N3O2. The summed E-state index contributed by atoms with van der Waals surface area (Å²) in [7, 11) is 0. The van der Waals surface area contributed by atoms with E-state index in [1.165, 1.54) is 0 Å². The summed E-state index contributed by atoms with van der Waals surface area (Å²) in [6, 6.07) is 14.4. The van der Waals surface area contributed by atoms with E-state index in [9.17, 15) is 4.79 Å². The molecule has 0 saturated heterocycles. The van der Waals surface area contributed by atoms with Crippen LogP contribution in [0.4, 0.5) is 5.95 Å². The van der Waals surface area contributed by atoms with Crippen molar-refractivity contribution >= 4 is 22.9 Å². The van der Waals surface area contributed by atoms with Crippen LogP contribution in [-0.2, 0) is 6.61 Å². The minimum absolute atomic E-state index is 0.0915. The molecule has 0 saturated carbocycles. The van der Waals surface area contributed by atoms with Gasteiger partial charge < -0.3 is 10.1 Å². The number of nitrogens with one attached hydrogen (secondary N) is 2. The number of fused-ring (bicyclic) bond motifs is 1. The molecule has 0 atom stereocenters. The van der Waals surface area contributed by atoms with Crippen molar-refractivity contribution in [1.29, 1.82) is 0 Å². The maximum atomic E-state index is 12.1. The first-order valence-corrected chi connectivity index (χ1v) is 6.22. The smallest absolute Gasteiger partial charge is 0.257 e. The number of nitrogens with zero attached hydrogens (tertiary/aromatic N) is 1. The van der Waals surface area contributed by atoms with Crippen LogP contribution in [0.3, 0.4) is 0 Å². The highest BCUT2D eigenvalue weighted by Crippen LogP contribution is 2.14. The van der Waals surface area contributed by atoms with Crippen molar-refractivity contribution in [2.24, 2.45) is 0 Å². The number of hydrogen-bond donors (Lipinski definition) is 3. The highest BCUT2D eigenvalue weighted by Gasteiger charge is 2.09. The summed E-state index contributed by atoms with van der Waals surface area (Å²) in [5.41, 5.74) is 2.85. The molecule has 0 fully saturated rings. The van der Waals surface area contributed by atoms with Gasteiger partial charge in [-0.15, -0.1) is 0 Å². The predicted octanol–water partition coefficient (Wildman–Crippen LogP) is 2.31. The van der Waals surface area contributed by atoms with Crippen LogP contribution in [0, 0.1) is 0 Å². The van der Waals surface area contributed by atoms with E-state index in [-0.39, 0.29) is 12.5 Å². The fourth-order valence-electron chi connectivity index (χ4n) is 2.00. The van der Waals surface area contributed by atoms with Crippen LogP contribution >= 0.6 is 0 Å². The highest BCUT2D eigenvalue weighted by molar-refractivity contribution is 6.04. The largest absolute Gasteiger partial charge is 0.392 e. The lowest BCUT2D eigenvalue weighted by Gasteiger charge is -2.03. The molecule has 20 heavy (non-hydrogen) atoms. The Kier molecular flexibility index (Phi) is 3.18. The molecule has 0 spiro atoms. The fourth-order valence-corrected chi connectivity index (χ4v) is 2.00. The molecule has 100 valence electrons. The molecular weight excluding hydrogens is 254 g/mol. The zero-order valence-corrected chi connectivity index (χ0v) is 10.6. The van der Waals surface area contributed by atoms with Gasteiger partial charge in [0.2, 0.25) is 5.95 Å². The molecule has 0 aliphatic rings. The van der Waals surface area contributed by atoms with Gasteiger partial charge in [-0.1, -0.05) is 24.3 Å². The summed E-state index contributed by atoms with van der Waals surface area (Å²) >= 11 is 0. The van der Waals surface area contributed by atoms with Gasteiger partial charge in [0.15, 0.2) is 0 Å². The second-order valence-electron chi connectivity index (χ2n) is 4.42. The van der Waals surface area contributed by atoms with Crippen molar-refractivity contribution in [3.05, 3.63) is 59.7 Å². The number of aliphatic hydroxyl groups excluding tert-OH is 1. The zero-order valence-electron chi connectivity index (χ0n) is 10.6. The summed E-state index contributed by atoms with van der Waals surface area (Å²) in [4.78, 5) is 19.4. The molecule has 3 rings (SSSR count). The van der Waals surface area contributed by atoms with Crippen molar-refractivity contribution in [1.82, 2.24) is 9.97 Å². The van der Waals surface area contributed by atoms with Crippen molar-refractivity contribution in [3.8, 4) is 0 Å². The molecule has 5 heteroatoms. The minimum Gasteiger partial charge on any atom is -0.392 e. The Labute approximate surface area is 115 Å². The number of hydrogen-bond acceptors (Lipinski definition) is 3. The molecule has 1 amide bonds. The van der Waals surface area contributed by atoms with E-state index in [4.69, 9.17) is 5.11 Å². The summed E-state index contributed by atoms with van der Waals surface area (Å²) in [6.07, 6.45) is 0. The van der Waals surface area contributed by atoms with Crippen molar-refractivity contribution in [3.63, 3.8) is 0 Å². The number of aliphatic hydroxyl groups is 1. The normalized spacial score (nSPS) is 10.7. The van der Waals surface area contributed by atoms with Gasteiger partial charge in [-0.3, -0.25) is 10.1 Å². The quantitative estimate of drug-likeness (QED) is 0.681. The van der Waals surface area contributed by atoms with E-state index in [1.807, 2.05) is 24.3 Å². The lowest BCUT2D eigenvalue weighted by atomic mass is 10.1. The lowest BCUT2D eigenvalue weighted by molar-refractivity contribution is 0.102. The van der Waals surface area contributed by atoms with Gasteiger partial charge in [-0.05, 0) is 29.8 Å². The van der Waals surface area contributed by atoms with Crippen LogP contribution in [0.15, 0.2) is 48.5 Å². The number of aromatic amines is 1. The molecule has 2 aromatic carbocycles. The van der Waals surface area contributed by atoms with Crippen LogP contribution in [0.5, 0.6) is 0 Å². The third-order valence-corrected chi connectivity index (χ3v) is 2.99. The van der Waals surface area contributed by atoms with Crippen LogP contribution < -0.4 is 5.32 Å². The maximum absolute atomic E-state index is 12.1.